The van der Waals surface area contributed by atoms with Crippen molar-refractivity contribution >= 4 is 11.8 Å². The van der Waals surface area contributed by atoms with Crippen molar-refractivity contribution in [2.24, 2.45) is 0 Å². The number of carbonyl (C=O) groups excluding carboxylic acids is 2. The van der Waals surface area contributed by atoms with Gasteiger partial charge in [0.25, 0.3) is 11.8 Å². The summed E-state index contributed by atoms with van der Waals surface area (Å²) >= 11 is 0. The molecule has 2 saturated carbocycles. The van der Waals surface area contributed by atoms with Crippen LogP contribution in [-0.4, -0.2) is 54.1 Å². The first-order chi connectivity index (χ1) is 17.0. The van der Waals surface area contributed by atoms with E-state index < -0.39 is 59.9 Å². The van der Waals surface area contributed by atoms with Crippen molar-refractivity contribution in [2.45, 2.75) is 106 Å². The normalized spacial score (nSPS) is 34.8. The van der Waals surface area contributed by atoms with Gasteiger partial charge in [-0.3, -0.25) is 20.4 Å². The van der Waals surface area contributed by atoms with Crippen molar-refractivity contribution in [3.63, 3.8) is 0 Å². The molecule has 1 aromatic rings. The molecule has 2 spiro atoms. The van der Waals surface area contributed by atoms with Crippen LogP contribution in [0.1, 0.15) is 74.6 Å². The first kappa shape index (κ1) is 23.3. The molecule has 5 atom stereocenters. The van der Waals surface area contributed by atoms with E-state index in [1.54, 1.807) is 0 Å². The van der Waals surface area contributed by atoms with E-state index in [9.17, 15) is 14.0 Å². The minimum Gasteiger partial charge on any atom is -0.341 e. The second kappa shape index (κ2) is 9.08. The minimum absolute atomic E-state index is 0.0844. The Kier molecular flexibility index (Phi) is 6.04. The largest absolute Gasteiger partial charge is 0.341 e. The quantitative estimate of drug-likeness (QED) is 0.615. The van der Waals surface area contributed by atoms with Crippen molar-refractivity contribution in [1.29, 1.82) is 0 Å². The van der Waals surface area contributed by atoms with Crippen molar-refractivity contribution in [3.05, 3.63) is 35.6 Å². The number of ether oxygens (including phenoxy) is 5. The molecule has 0 unspecified atom stereocenters. The smallest absolute Gasteiger partial charge is 0.270 e. The third kappa shape index (κ3) is 4.35. The molecule has 6 rings (SSSR count). The summed E-state index contributed by atoms with van der Waals surface area (Å²) in [5, 5.41) is 0. The molecule has 35 heavy (non-hydrogen) atoms. The minimum atomic E-state index is -1.07. The molecule has 0 bridgehead atoms. The van der Waals surface area contributed by atoms with Crippen LogP contribution < -0.4 is 10.9 Å². The molecule has 1 aromatic carbocycles. The van der Waals surface area contributed by atoms with Crippen LogP contribution in [-0.2, 0) is 28.5 Å². The van der Waals surface area contributed by atoms with Crippen LogP contribution in [0, 0.1) is 5.82 Å². The van der Waals surface area contributed by atoms with E-state index in [-0.39, 0.29) is 5.56 Å². The molecule has 2 amide bonds. The first-order valence-electron chi connectivity index (χ1n) is 12.7. The zero-order chi connectivity index (χ0) is 24.0. The second-order valence-corrected chi connectivity index (χ2v) is 10.2. The van der Waals surface area contributed by atoms with Gasteiger partial charge in [0.15, 0.2) is 24.0 Å². The standard InChI is InChI=1S/C25H31FN2O7/c26-16-9-7-8-15(14-16)21(29)27-28-22(30)19-17-18(33-24(32-17)10-3-1-4-11-24)20-23(31-19)35-25(34-20)12-5-2-6-13-25/h7-9,14,17-20,23H,1-6,10-13H2,(H,27,29)(H,28,30)/t17-,18-,19-,20-,23-/m1/s1. The van der Waals surface area contributed by atoms with Gasteiger partial charge in [-0.15, -0.1) is 0 Å². The van der Waals surface area contributed by atoms with Gasteiger partial charge in [-0.2, -0.15) is 0 Å². The van der Waals surface area contributed by atoms with Gasteiger partial charge < -0.3 is 23.7 Å². The molecule has 3 aliphatic heterocycles. The third-order valence-electron chi connectivity index (χ3n) is 7.75. The summed E-state index contributed by atoms with van der Waals surface area (Å²) in [7, 11) is 0. The Morgan fingerprint density at radius 2 is 1.43 bits per heavy atom. The summed E-state index contributed by atoms with van der Waals surface area (Å²) in [5.41, 5.74) is 4.83. The highest BCUT2D eigenvalue weighted by atomic mass is 19.1. The maximum Gasteiger partial charge on any atom is 0.270 e. The molecule has 9 nitrogen and oxygen atoms in total. The van der Waals surface area contributed by atoms with E-state index in [2.05, 4.69) is 10.9 Å². The summed E-state index contributed by atoms with van der Waals surface area (Å²) in [6, 6.07) is 5.21. The van der Waals surface area contributed by atoms with Crippen LogP contribution in [0.4, 0.5) is 4.39 Å². The fourth-order valence-corrected chi connectivity index (χ4v) is 6.06. The summed E-state index contributed by atoms with van der Waals surface area (Å²) in [6.45, 7) is 0. The molecule has 3 heterocycles. The fourth-order valence-electron chi connectivity index (χ4n) is 6.06. The molecule has 190 valence electrons. The molecular weight excluding hydrogens is 459 g/mol. The van der Waals surface area contributed by atoms with Crippen molar-refractivity contribution in [1.82, 2.24) is 10.9 Å². The summed E-state index contributed by atoms with van der Waals surface area (Å²) in [6.07, 6.45) is 5.69. The molecule has 3 saturated heterocycles. The zero-order valence-electron chi connectivity index (χ0n) is 19.5. The third-order valence-corrected chi connectivity index (χ3v) is 7.75. The number of amides is 2. The van der Waals surface area contributed by atoms with Crippen LogP contribution in [0.5, 0.6) is 0 Å². The lowest BCUT2D eigenvalue weighted by atomic mass is 9.94. The first-order valence-corrected chi connectivity index (χ1v) is 12.7. The van der Waals surface area contributed by atoms with Crippen molar-refractivity contribution < 1.29 is 37.7 Å². The molecule has 5 aliphatic rings. The molecular formula is C25H31FN2O7. The van der Waals surface area contributed by atoms with Crippen LogP contribution in [0.2, 0.25) is 0 Å². The average Bonchev–Trinajstić information content (AvgIpc) is 3.40. The number of fused-ring (bicyclic) bond motifs is 3. The number of carbonyl (C=O) groups is 2. The summed E-state index contributed by atoms with van der Waals surface area (Å²) < 4.78 is 45.3. The van der Waals surface area contributed by atoms with E-state index >= 15 is 0 Å². The topological polar surface area (TPSA) is 104 Å². The Hall–Kier alpha value is -2.11. The van der Waals surface area contributed by atoms with Gasteiger partial charge in [-0.05, 0) is 43.9 Å². The number of nitrogens with one attached hydrogen (secondary N) is 2. The number of benzene rings is 1. The van der Waals surface area contributed by atoms with Gasteiger partial charge >= 0.3 is 0 Å². The number of hydrogen-bond donors (Lipinski definition) is 2. The van der Waals surface area contributed by atoms with Gasteiger partial charge in [-0.1, -0.05) is 18.9 Å². The van der Waals surface area contributed by atoms with E-state index in [1.165, 1.54) is 18.2 Å². The Labute approximate surface area is 202 Å². The zero-order valence-corrected chi connectivity index (χ0v) is 19.5. The summed E-state index contributed by atoms with van der Waals surface area (Å²) in [5.74, 6) is -3.26. The molecule has 2 N–H and O–H groups in total. The van der Waals surface area contributed by atoms with Crippen LogP contribution in [0.3, 0.4) is 0 Å². The van der Waals surface area contributed by atoms with E-state index in [0.29, 0.717) is 0 Å². The van der Waals surface area contributed by atoms with E-state index in [1.807, 2.05) is 0 Å². The van der Waals surface area contributed by atoms with Gasteiger partial charge in [0.1, 0.15) is 24.1 Å². The monoisotopic (exact) mass is 490 g/mol. The predicted octanol–water partition coefficient (Wildman–Crippen LogP) is 2.83. The van der Waals surface area contributed by atoms with Gasteiger partial charge in [0.2, 0.25) is 0 Å². The molecule has 2 aliphatic carbocycles. The Bertz CT molecular complexity index is 978. The SMILES string of the molecule is O=C(NNC(=O)[C@@H]1O[C@@H]2OC3(CCCCC3)O[C@@H]2[C@@H]2OC3(CCCCC3)O[C@H]21)c1cccc(F)c1. The van der Waals surface area contributed by atoms with E-state index in [0.717, 1.165) is 70.3 Å². The number of halogens is 1. The van der Waals surface area contributed by atoms with Crippen LogP contribution in [0.25, 0.3) is 0 Å². The van der Waals surface area contributed by atoms with Gasteiger partial charge in [0.05, 0.1) is 0 Å². The lowest BCUT2D eigenvalue weighted by Crippen LogP contribution is -2.61. The Morgan fingerprint density at radius 1 is 0.800 bits per heavy atom. The van der Waals surface area contributed by atoms with Crippen molar-refractivity contribution in [2.75, 3.05) is 0 Å². The Balaban J connectivity index is 1.20. The molecule has 0 radical (unpaired) electrons. The van der Waals surface area contributed by atoms with Crippen LogP contribution >= 0.6 is 0 Å². The highest BCUT2D eigenvalue weighted by Crippen LogP contribution is 2.50. The molecule has 5 fully saturated rings. The Morgan fingerprint density at radius 3 is 2.11 bits per heavy atom. The van der Waals surface area contributed by atoms with E-state index in [4.69, 9.17) is 23.7 Å². The number of rotatable bonds is 2. The predicted molar refractivity (Wildman–Crippen MR) is 118 cm³/mol. The number of hydrazine groups is 1. The molecule has 0 aromatic heterocycles. The lowest BCUT2D eigenvalue weighted by Gasteiger charge is -2.36. The fraction of sp³-hybridized carbons (Fsp3) is 0.680. The van der Waals surface area contributed by atoms with Gasteiger partial charge in [-0.25, -0.2) is 4.39 Å². The lowest BCUT2D eigenvalue weighted by molar-refractivity contribution is -0.247. The highest BCUT2D eigenvalue weighted by Gasteiger charge is 2.65. The summed E-state index contributed by atoms with van der Waals surface area (Å²) in [4.78, 5) is 25.6. The number of hydrogen-bond acceptors (Lipinski definition) is 7. The molecule has 10 heteroatoms. The van der Waals surface area contributed by atoms with Crippen molar-refractivity contribution in [3.8, 4) is 0 Å². The van der Waals surface area contributed by atoms with Crippen LogP contribution in [0.15, 0.2) is 24.3 Å². The average molecular weight is 491 g/mol. The van der Waals surface area contributed by atoms with Gasteiger partial charge in [0, 0.05) is 31.2 Å². The highest BCUT2D eigenvalue weighted by molar-refractivity contribution is 5.95. The maximum atomic E-state index is 13.5. The second-order valence-electron chi connectivity index (χ2n) is 10.2. The maximum absolute atomic E-state index is 13.5.